The molecule has 0 radical (unpaired) electrons. The second-order valence-corrected chi connectivity index (χ2v) is 9.16. The van der Waals surface area contributed by atoms with Crippen molar-refractivity contribution in [2.75, 3.05) is 5.75 Å². The van der Waals surface area contributed by atoms with Gasteiger partial charge in [0.05, 0.1) is 5.41 Å². The lowest BCUT2D eigenvalue weighted by molar-refractivity contribution is -0.143. The van der Waals surface area contributed by atoms with Gasteiger partial charge in [-0.3, -0.25) is 4.79 Å². The fourth-order valence-electron chi connectivity index (χ4n) is 1.86. The Hall–Kier alpha value is -1.68. The molecule has 1 aromatic rings. The van der Waals surface area contributed by atoms with E-state index >= 15 is 0 Å². The average Bonchev–Trinajstić information content (AvgIpc) is 2.67. The zero-order valence-electron chi connectivity index (χ0n) is 14.2. The Bertz CT molecular complexity index is 836. The van der Waals surface area contributed by atoms with Gasteiger partial charge in [-0.1, -0.05) is 0 Å². The number of carbonyl (C=O) groups is 1. The summed E-state index contributed by atoms with van der Waals surface area (Å²) in [5.41, 5.74) is -6.05. The minimum Gasteiger partial charge on any atom is -0.426 e. The first kappa shape index (κ1) is 20.6. The molecule has 5 nitrogen and oxygen atoms in total. The maximum atomic E-state index is 12.6. The normalized spacial score (nSPS) is 15.5. The quantitative estimate of drug-likeness (QED) is 0.320. The standard InChI is InChI=1S/C16H17F3O5S2/c1-15(2,3)14(20)23-10-6-7-11-12(5-4-8-25-13(11)9-10)24-26(21,22)16(17,18)19/h5-7,9H,4,8H2,1-3H3. The number of benzene rings is 1. The van der Waals surface area contributed by atoms with E-state index in [-0.39, 0.29) is 11.3 Å². The molecule has 144 valence electrons. The van der Waals surface area contributed by atoms with Gasteiger partial charge in [-0.15, -0.1) is 11.8 Å². The van der Waals surface area contributed by atoms with Gasteiger partial charge in [-0.25, -0.2) is 0 Å². The van der Waals surface area contributed by atoms with E-state index in [0.717, 1.165) is 0 Å². The van der Waals surface area contributed by atoms with E-state index < -0.39 is 32.8 Å². The highest BCUT2D eigenvalue weighted by atomic mass is 32.2. The number of thioether (sulfide) groups is 1. The fraction of sp³-hybridized carbons (Fsp3) is 0.438. The van der Waals surface area contributed by atoms with E-state index in [1.165, 1.54) is 36.0 Å². The monoisotopic (exact) mass is 410 g/mol. The molecule has 0 saturated heterocycles. The van der Waals surface area contributed by atoms with Gasteiger partial charge >= 0.3 is 21.6 Å². The molecule has 1 aliphatic rings. The van der Waals surface area contributed by atoms with Crippen LogP contribution in [0.25, 0.3) is 5.76 Å². The van der Waals surface area contributed by atoms with Crippen LogP contribution in [0.5, 0.6) is 5.75 Å². The summed E-state index contributed by atoms with van der Waals surface area (Å²) >= 11 is 1.30. The molecular formula is C16H17F3O5S2. The summed E-state index contributed by atoms with van der Waals surface area (Å²) in [6.07, 6.45) is 1.61. The molecule has 0 N–H and O–H groups in total. The van der Waals surface area contributed by atoms with Gasteiger partial charge in [-0.2, -0.15) is 21.6 Å². The Labute approximate surface area is 153 Å². The predicted octanol–water partition coefficient (Wildman–Crippen LogP) is 4.34. The summed E-state index contributed by atoms with van der Waals surface area (Å²) < 4.78 is 69.9. The average molecular weight is 410 g/mol. The van der Waals surface area contributed by atoms with Gasteiger partial charge in [0.25, 0.3) is 0 Å². The number of carbonyl (C=O) groups excluding carboxylic acids is 1. The van der Waals surface area contributed by atoms with E-state index in [9.17, 15) is 26.4 Å². The third kappa shape index (κ3) is 4.73. The lowest BCUT2D eigenvalue weighted by Crippen LogP contribution is -2.25. The third-order valence-corrected chi connectivity index (χ3v) is 5.28. The first-order chi connectivity index (χ1) is 11.8. The summed E-state index contributed by atoms with van der Waals surface area (Å²) in [6, 6.07) is 4.23. The molecule has 1 aliphatic heterocycles. The van der Waals surface area contributed by atoms with Gasteiger partial charge in [-0.05, 0) is 51.5 Å². The fourth-order valence-corrected chi connectivity index (χ4v) is 3.33. The number of halogens is 3. The van der Waals surface area contributed by atoms with Gasteiger partial charge < -0.3 is 8.92 Å². The second kappa shape index (κ2) is 7.15. The smallest absolute Gasteiger partial charge is 0.426 e. The predicted molar refractivity (Wildman–Crippen MR) is 90.9 cm³/mol. The molecule has 2 rings (SSSR count). The lowest BCUT2D eigenvalue weighted by Gasteiger charge is -2.18. The number of allylic oxidation sites excluding steroid dienone is 1. The van der Waals surface area contributed by atoms with Crippen molar-refractivity contribution in [1.29, 1.82) is 0 Å². The SMILES string of the molecule is CC(C)(C)C(=O)Oc1ccc2c(c1)SCCC=C2OS(=O)(=O)C(F)(F)F. The minimum atomic E-state index is -5.77. The first-order valence-corrected chi connectivity index (χ1v) is 9.91. The first-order valence-electron chi connectivity index (χ1n) is 7.52. The Kier molecular flexibility index (Phi) is 5.67. The largest absolute Gasteiger partial charge is 0.534 e. The molecule has 1 heterocycles. The van der Waals surface area contributed by atoms with Crippen molar-refractivity contribution in [2.24, 2.45) is 5.41 Å². The summed E-state index contributed by atoms with van der Waals surface area (Å²) in [5, 5.41) is 0. The number of ether oxygens (including phenoxy) is 1. The van der Waals surface area contributed by atoms with Crippen LogP contribution in [0.3, 0.4) is 0 Å². The lowest BCUT2D eigenvalue weighted by atomic mass is 9.97. The zero-order valence-corrected chi connectivity index (χ0v) is 15.8. The maximum Gasteiger partial charge on any atom is 0.534 e. The molecule has 10 heteroatoms. The molecule has 0 spiro atoms. The summed E-state index contributed by atoms with van der Waals surface area (Å²) in [4.78, 5) is 12.4. The Morgan fingerprint density at radius 3 is 2.42 bits per heavy atom. The van der Waals surface area contributed by atoms with Crippen LogP contribution in [0.4, 0.5) is 13.2 Å². The van der Waals surface area contributed by atoms with Crippen molar-refractivity contribution in [3.8, 4) is 5.75 Å². The molecule has 1 aromatic carbocycles. The van der Waals surface area contributed by atoms with Crippen LogP contribution in [0.15, 0.2) is 29.2 Å². The van der Waals surface area contributed by atoms with Crippen molar-refractivity contribution in [2.45, 2.75) is 37.6 Å². The van der Waals surface area contributed by atoms with Crippen molar-refractivity contribution in [3.05, 3.63) is 29.8 Å². The highest BCUT2D eigenvalue weighted by Crippen LogP contribution is 2.38. The van der Waals surface area contributed by atoms with Crippen LogP contribution >= 0.6 is 11.8 Å². The number of esters is 1. The number of alkyl halides is 3. The minimum absolute atomic E-state index is 0.191. The van der Waals surface area contributed by atoms with Gasteiger partial charge in [0.1, 0.15) is 11.5 Å². The number of hydrogen-bond donors (Lipinski definition) is 0. The van der Waals surface area contributed by atoms with E-state index in [4.69, 9.17) is 4.74 Å². The van der Waals surface area contributed by atoms with Crippen molar-refractivity contribution in [1.82, 2.24) is 0 Å². The van der Waals surface area contributed by atoms with Crippen molar-refractivity contribution >= 4 is 33.6 Å². The summed E-state index contributed by atoms with van der Waals surface area (Å²) in [7, 11) is -5.77. The molecule has 26 heavy (non-hydrogen) atoms. The molecule has 0 amide bonds. The molecule has 0 saturated carbocycles. The summed E-state index contributed by atoms with van der Waals surface area (Å²) in [6.45, 7) is 5.05. The maximum absolute atomic E-state index is 12.6. The van der Waals surface area contributed by atoms with Crippen LogP contribution in [-0.4, -0.2) is 25.6 Å². The molecular weight excluding hydrogens is 393 g/mol. The van der Waals surface area contributed by atoms with Crippen LogP contribution in [0.1, 0.15) is 32.8 Å². The van der Waals surface area contributed by atoms with Gasteiger partial charge in [0.2, 0.25) is 0 Å². The van der Waals surface area contributed by atoms with Crippen LogP contribution in [0.2, 0.25) is 0 Å². The Morgan fingerprint density at radius 1 is 1.19 bits per heavy atom. The molecule has 0 aromatic heterocycles. The van der Waals surface area contributed by atoms with E-state index in [0.29, 0.717) is 17.1 Å². The Balaban J connectivity index is 2.34. The Morgan fingerprint density at radius 2 is 1.85 bits per heavy atom. The second-order valence-electron chi connectivity index (χ2n) is 6.49. The van der Waals surface area contributed by atoms with Gasteiger partial charge in [0, 0.05) is 16.2 Å². The van der Waals surface area contributed by atoms with Crippen molar-refractivity contribution < 1.29 is 35.3 Å². The highest BCUT2D eigenvalue weighted by molar-refractivity contribution is 7.99. The molecule has 0 bridgehead atoms. The van der Waals surface area contributed by atoms with Gasteiger partial charge in [0.15, 0.2) is 0 Å². The van der Waals surface area contributed by atoms with E-state index in [1.807, 2.05) is 0 Å². The number of hydrogen-bond acceptors (Lipinski definition) is 6. The number of fused-ring (bicyclic) bond motifs is 1. The number of rotatable bonds is 3. The third-order valence-electron chi connectivity index (χ3n) is 3.23. The van der Waals surface area contributed by atoms with Crippen LogP contribution in [-0.2, 0) is 19.1 Å². The molecule has 0 aliphatic carbocycles. The molecule has 0 fully saturated rings. The van der Waals surface area contributed by atoms with Crippen LogP contribution in [0, 0.1) is 5.41 Å². The molecule has 0 atom stereocenters. The zero-order chi connectivity index (χ0) is 19.8. The van der Waals surface area contributed by atoms with E-state index in [2.05, 4.69) is 4.18 Å². The summed E-state index contributed by atoms with van der Waals surface area (Å²) in [5.74, 6) is -0.141. The van der Waals surface area contributed by atoms with Crippen LogP contribution < -0.4 is 4.74 Å². The highest BCUT2D eigenvalue weighted by Gasteiger charge is 2.49. The van der Waals surface area contributed by atoms with E-state index in [1.54, 1.807) is 20.8 Å². The molecule has 0 unspecified atom stereocenters. The van der Waals surface area contributed by atoms with Crippen molar-refractivity contribution in [3.63, 3.8) is 0 Å². The topological polar surface area (TPSA) is 69.7 Å².